The van der Waals surface area contributed by atoms with Gasteiger partial charge in [0.25, 0.3) is 0 Å². The van der Waals surface area contributed by atoms with Gasteiger partial charge in [-0.2, -0.15) is 0 Å². The molecule has 0 saturated carbocycles. The normalized spacial score (nSPS) is 16.1. The van der Waals surface area contributed by atoms with E-state index in [9.17, 15) is 9.50 Å². The first-order chi connectivity index (χ1) is 12.1. The number of halogens is 1. The van der Waals surface area contributed by atoms with Gasteiger partial charge in [0, 0.05) is 36.2 Å². The molecule has 25 heavy (non-hydrogen) atoms. The molecule has 3 nitrogen and oxygen atoms in total. The minimum atomic E-state index is -0.454. The Bertz CT molecular complexity index is 902. The summed E-state index contributed by atoms with van der Waals surface area (Å²) in [4.78, 5) is 2.31. The predicted octanol–water partition coefficient (Wildman–Crippen LogP) is 3.51. The number of aliphatic hydroxyl groups is 1. The maximum Gasteiger partial charge on any atom is 0.123 e. The molecule has 1 aliphatic heterocycles. The molecule has 1 atom stereocenters. The lowest BCUT2D eigenvalue weighted by atomic mass is 10.00. The van der Waals surface area contributed by atoms with Gasteiger partial charge in [-0.05, 0) is 48.7 Å². The van der Waals surface area contributed by atoms with Crippen LogP contribution in [0, 0.1) is 12.7 Å². The van der Waals surface area contributed by atoms with Crippen LogP contribution in [0.15, 0.2) is 48.5 Å². The van der Waals surface area contributed by atoms with E-state index >= 15 is 0 Å². The molecule has 2 heterocycles. The first-order valence-electron chi connectivity index (χ1n) is 8.83. The second-order valence-electron chi connectivity index (χ2n) is 7.01. The Kier molecular flexibility index (Phi) is 4.32. The highest BCUT2D eigenvalue weighted by Crippen LogP contribution is 2.22. The van der Waals surface area contributed by atoms with Crippen molar-refractivity contribution in [3.05, 3.63) is 71.2 Å². The van der Waals surface area contributed by atoms with Crippen molar-refractivity contribution in [2.45, 2.75) is 32.5 Å². The Morgan fingerprint density at radius 2 is 1.88 bits per heavy atom. The summed E-state index contributed by atoms with van der Waals surface area (Å²) in [6, 6.07) is 15.3. The summed E-state index contributed by atoms with van der Waals surface area (Å²) >= 11 is 0. The van der Waals surface area contributed by atoms with Crippen molar-refractivity contribution < 1.29 is 9.50 Å². The van der Waals surface area contributed by atoms with Crippen LogP contribution in [-0.2, 0) is 19.5 Å². The summed E-state index contributed by atoms with van der Waals surface area (Å²) in [6.07, 6.45) is 0.581. The van der Waals surface area contributed by atoms with Crippen LogP contribution in [0.3, 0.4) is 0 Å². The highest BCUT2D eigenvalue weighted by Gasteiger charge is 2.19. The fourth-order valence-corrected chi connectivity index (χ4v) is 3.90. The molecule has 1 aliphatic rings. The molecule has 0 amide bonds. The summed E-state index contributed by atoms with van der Waals surface area (Å²) < 4.78 is 15.5. The number of aliphatic hydroxyl groups excluding tert-OH is 1. The van der Waals surface area contributed by atoms with Crippen LogP contribution in [-0.4, -0.2) is 33.8 Å². The highest BCUT2D eigenvalue weighted by molar-refractivity contribution is 5.81. The van der Waals surface area contributed by atoms with Crippen LogP contribution < -0.4 is 0 Å². The number of hydrogen-bond acceptors (Lipinski definition) is 2. The van der Waals surface area contributed by atoms with Crippen molar-refractivity contribution in [2.24, 2.45) is 0 Å². The van der Waals surface area contributed by atoms with Crippen molar-refractivity contribution in [3.63, 3.8) is 0 Å². The molecule has 0 bridgehead atoms. The molecule has 2 aromatic carbocycles. The molecule has 1 N–H and O–H groups in total. The van der Waals surface area contributed by atoms with Crippen molar-refractivity contribution in [1.82, 2.24) is 9.47 Å². The summed E-state index contributed by atoms with van der Waals surface area (Å²) in [6.45, 7) is 5.05. The van der Waals surface area contributed by atoms with Crippen LogP contribution in [0.25, 0.3) is 10.9 Å². The van der Waals surface area contributed by atoms with E-state index in [0.29, 0.717) is 13.1 Å². The molecule has 130 valence electrons. The van der Waals surface area contributed by atoms with Crippen LogP contribution in [0.4, 0.5) is 4.39 Å². The number of hydrogen-bond donors (Lipinski definition) is 1. The molecule has 0 saturated heterocycles. The molecule has 4 heteroatoms. The predicted molar refractivity (Wildman–Crippen MR) is 98.1 cm³/mol. The lowest BCUT2D eigenvalue weighted by Crippen LogP contribution is -2.38. The molecule has 0 unspecified atom stereocenters. The van der Waals surface area contributed by atoms with Crippen LogP contribution in [0.5, 0.6) is 0 Å². The van der Waals surface area contributed by atoms with Gasteiger partial charge in [0.05, 0.1) is 12.6 Å². The maximum atomic E-state index is 13.4. The largest absolute Gasteiger partial charge is 0.390 e. The maximum absolute atomic E-state index is 13.4. The number of fused-ring (bicyclic) bond motifs is 2. The third kappa shape index (κ3) is 3.32. The summed E-state index contributed by atoms with van der Waals surface area (Å²) in [5, 5.41) is 11.5. The van der Waals surface area contributed by atoms with Gasteiger partial charge in [-0.15, -0.1) is 0 Å². The van der Waals surface area contributed by atoms with Gasteiger partial charge in [0.2, 0.25) is 0 Å². The fourth-order valence-electron chi connectivity index (χ4n) is 3.90. The topological polar surface area (TPSA) is 28.4 Å². The molecular weight excluding hydrogens is 315 g/mol. The van der Waals surface area contributed by atoms with E-state index < -0.39 is 6.10 Å². The quantitative estimate of drug-likeness (QED) is 0.789. The lowest BCUT2D eigenvalue weighted by molar-refractivity contribution is 0.0923. The van der Waals surface area contributed by atoms with Gasteiger partial charge in [0.15, 0.2) is 0 Å². The number of rotatable bonds is 4. The monoisotopic (exact) mass is 338 g/mol. The van der Waals surface area contributed by atoms with Gasteiger partial charge in [-0.1, -0.05) is 24.3 Å². The van der Waals surface area contributed by atoms with E-state index in [1.807, 2.05) is 13.0 Å². The Hall–Kier alpha value is -2.17. The van der Waals surface area contributed by atoms with Crippen LogP contribution >= 0.6 is 0 Å². The molecule has 1 aromatic heterocycles. The van der Waals surface area contributed by atoms with Gasteiger partial charge in [0.1, 0.15) is 5.82 Å². The molecule has 0 radical (unpaired) electrons. The van der Waals surface area contributed by atoms with Gasteiger partial charge < -0.3 is 9.67 Å². The number of aromatic nitrogens is 1. The van der Waals surface area contributed by atoms with Crippen molar-refractivity contribution >= 4 is 10.9 Å². The Morgan fingerprint density at radius 1 is 1.08 bits per heavy atom. The zero-order valence-corrected chi connectivity index (χ0v) is 14.5. The van der Waals surface area contributed by atoms with E-state index in [4.69, 9.17) is 0 Å². The van der Waals surface area contributed by atoms with Gasteiger partial charge >= 0.3 is 0 Å². The molecule has 0 spiro atoms. The van der Waals surface area contributed by atoms with E-state index in [0.717, 1.165) is 36.1 Å². The van der Waals surface area contributed by atoms with Crippen LogP contribution in [0.1, 0.15) is 16.8 Å². The Balaban J connectivity index is 1.46. The van der Waals surface area contributed by atoms with E-state index in [2.05, 4.69) is 33.7 Å². The van der Waals surface area contributed by atoms with Gasteiger partial charge in [-0.3, -0.25) is 4.90 Å². The fraction of sp³-hybridized carbons (Fsp3) is 0.333. The lowest BCUT2D eigenvalue weighted by Gasteiger charge is -2.30. The number of nitrogens with zero attached hydrogens (tertiary/aromatic N) is 2. The minimum absolute atomic E-state index is 0.225. The molecule has 0 aliphatic carbocycles. The first-order valence-corrected chi connectivity index (χ1v) is 8.83. The van der Waals surface area contributed by atoms with Gasteiger partial charge in [-0.25, -0.2) is 4.39 Å². The average molecular weight is 338 g/mol. The van der Waals surface area contributed by atoms with Crippen molar-refractivity contribution in [3.8, 4) is 0 Å². The van der Waals surface area contributed by atoms with E-state index in [-0.39, 0.29) is 5.82 Å². The Labute approximate surface area is 147 Å². The SMILES string of the molecule is Cc1cc2cc(F)ccc2n1C[C@H](O)CN1CCc2ccccc2C1. The first kappa shape index (κ1) is 16.3. The third-order valence-corrected chi connectivity index (χ3v) is 5.14. The minimum Gasteiger partial charge on any atom is -0.390 e. The molecule has 3 aromatic rings. The zero-order valence-electron chi connectivity index (χ0n) is 14.5. The summed E-state index contributed by atoms with van der Waals surface area (Å²) in [7, 11) is 0. The standard InChI is InChI=1S/C21H23FN2O/c1-15-10-18-11-19(22)6-7-21(18)24(15)14-20(25)13-23-9-8-16-4-2-3-5-17(16)12-23/h2-7,10-11,20,25H,8-9,12-14H2,1H3/t20-/m1/s1. The smallest absolute Gasteiger partial charge is 0.123 e. The Morgan fingerprint density at radius 3 is 2.72 bits per heavy atom. The zero-order chi connectivity index (χ0) is 17.4. The van der Waals surface area contributed by atoms with E-state index in [1.165, 1.54) is 17.2 Å². The number of aryl methyl sites for hydroxylation is 1. The molecule has 4 rings (SSSR count). The van der Waals surface area contributed by atoms with E-state index in [1.54, 1.807) is 12.1 Å². The third-order valence-electron chi connectivity index (χ3n) is 5.14. The number of benzene rings is 2. The number of β-amino-alcohol motifs (C(OH)–C–C–N with tert-alkyl or cyclic N) is 1. The van der Waals surface area contributed by atoms with Crippen LogP contribution in [0.2, 0.25) is 0 Å². The second-order valence-corrected chi connectivity index (χ2v) is 7.01. The molecular formula is C21H23FN2O. The second kappa shape index (κ2) is 6.62. The summed E-state index contributed by atoms with van der Waals surface area (Å²) in [5.41, 5.74) is 4.80. The average Bonchev–Trinajstić information content (AvgIpc) is 2.89. The van der Waals surface area contributed by atoms with Crippen molar-refractivity contribution in [2.75, 3.05) is 13.1 Å². The van der Waals surface area contributed by atoms with Crippen molar-refractivity contribution in [1.29, 1.82) is 0 Å². The molecule has 0 fully saturated rings. The highest BCUT2D eigenvalue weighted by atomic mass is 19.1. The summed E-state index contributed by atoms with van der Waals surface area (Å²) in [5.74, 6) is -0.225.